The van der Waals surface area contributed by atoms with E-state index in [0.29, 0.717) is 29.5 Å². The number of nitrogens with one attached hydrogen (secondary N) is 2. The third-order valence-corrected chi connectivity index (χ3v) is 7.23. The van der Waals surface area contributed by atoms with Gasteiger partial charge in [-0.05, 0) is 61.1 Å². The molecule has 2 aromatic rings. The number of carbonyl (C=O) groups is 1. The number of anilines is 1. The van der Waals surface area contributed by atoms with Crippen molar-refractivity contribution in [3.05, 3.63) is 59.1 Å². The lowest BCUT2D eigenvalue weighted by Crippen LogP contribution is -2.30. The summed E-state index contributed by atoms with van der Waals surface area (Å²) in [7, 11) is -3.68. The second-order valence-corrected chi connectivity index (χ2v) is 9.82. The molecule has 1 aliphatic carbocycles. The Hall–Kier alpha value is -2.38. The van der Waals surface area contributed by atoms with E-state index in [1.165, 1.54) is 12.1 Å². The number of nitrogens with zero attached hydrogens (tertiary/aromatic N) is 1. The summed E-state index contributed by atoms with van der Waals surface area (Å²) in [6, 6.07) is 13.8. The summed E-state index contributed by atoms with van der Waals surface area (Å²) in [6.07, 6.45) is 4.37. The van der Waals surface area contributed by atoms with Crippen molar-refractivity contribution in [3.8, 4) is 0 Å². The predicted octanol–water partition coefficient (Wildman–Crippen LogP) is 4.33. The number of aliphatic imine (C=N–C) groups is 1. The molecule has 158 valence electrons. The molecule has 2 atom stereocenters. The first-order chi connectivity index (χ1) is 14.4. The second kappa shape index (κ2) is 8.78. The van der Waals surface area contributed by atoms with Crippen LogP contribution in [0.3, 0.4) is 0 Å². The minimum atomic E-state index is -3.68. The molecule has 0 radical (unpaired) electrons. The minimum absolute atomic E-state index is 0.0820. The Balaban J connectivity index is 1.37. The molecule has 1 amide bonds. The van der Waals surface area contributed by atoms with Gasteiger partial charge in [0, 0.05) is 29.6 Å². The Morgan fingerprint density at radius 3 is 2.57 bits per heavy atom. The maximum atomic E-state index is 12.6. The van der Waals surface area contributed by atoms with Crippen LogP contribution in [0, 0.1) is 5.92 Å². The van der Waals surface area contributed by atoms with E-state index in [2.05, 4.69) is 15.0 Å². The smallest absolute Gasteiger partial charge is 0.262 e. The van der Waals surface area contributed by atoms with Gasteiger partial charge in [0.2, 0.25) is 5.91 Å². The molecule has 1 fully saturated rings. The average Bonchev–Trinajstić information content (AvgIpc) is 3.53. The first kappa shape index (κ1) is 20.9. The van der Waals surface area contributed by atoms with E-state index in [4.69, 9.17) is 11.6 Å². The van der Waals surface area contributed by atoms with Crippen LogP contribution >= 0.6 is 11.6 Å². The van der Waals surface area contributed by atoms with Crippen LogP contribution in [0.5, 0.6) is 0 Å². The highest BCUT2D eigenvalue weighted by molar-refractivity contribution is 7.90. The molecule has 0 saturated heterocycles. The van der Waals surface area contributed by atoms with E-state index in [0.717, 1.165) is 31.2 Å². The summed E-state index contributed by atoms with van der Waals surface area (Å²) in [6.45, 7) is 0.652. The number of carbonyl (C=O) groups excluding carboxylic acids is 1. The van der Waals surface area contributed by atoms with Crippen molar-refractivity contribution in [3.63, 3.8) is 0 Å². The molecular formula is C22H24ClN3O3S. The Kier molecular flexibility index (Phi) is 6.11. The molecule has 1 aliphatic heterocycles. The van der Waals surface area contributed by atoms with Gasteiger partial charge in [-0.25, -0.2) is 8.42 Å². The molecule has 1 saturated carbocycles. The van der Waals surface area contributed by atoms with Gasteiger partial charge in [-0.3, -0.25) is 14.5 Å². The highest BCUT2D eigenvalue weighted by atomic mass is 35.5. The molecule has 30 heavy (non-hydrogen) atoms. The highest BCUT2D eigenvalue weighted by Gasteiger charge is 2.44. The fraction of sp³-hybridized carbons (Fsp3) is 0.364. The van der Waals surface area contributed by atoms with Gasteiger partial charge in [0.15, 0.2) is 0 Å². The summed E-state index contributed by atoms with van der Waals surface area (Å²) in [5.74, 6) is 0.441. The zero-order chi connectivity index (χ0) is 21.1. The fourth-order valence-electron chi connectivity index (χ4n) is 3.73. The molecular weight excluding hydrogens is 422 g/mol. The van der Waals surface area contributed by atoms with Gasteiger partial charge >= 0.3 is 0 Å². The van der Waals surface area contributed by atoms with Gasteiger partial charge in [0.05, 0.1) is 4.90 Å². The summed E-state index contributed by atoms with van der Waals surface area (Å²) >= 11 is 6.23. The van der Waals surface area contributed by atoms with Crippen LogP contribution in [0.2, 0.25) is 5.02 Å². The van der Waals surface area contributed by atoms with Crippen molar-refractivity contribution in [2.24, 2.45) is 10.9 Å². The van der Waals surface area contributed by atoms with Crippen molar-refractivity contribution in [2.45, 2.75) is 42.9 Å². The quantitative estimate of drug-likeness (QED) is 0.717. The van der Waals surface area contributed by atoms with Gasteiger partial charge in [0.1, 0.15) is 5.84 Å². The highest BCUT2D eigenvalue weighted by Crippen LogP contribution is 2.50. The summed E-state index contributed by atoms with van der Waals surface area (Å²) < 4.78 is 27.8. The van der Waals surface area contributed by atoms with Gasteiger partial charge in [-0.15, -0.1) is 0 Å². The Bertz CT molecular complexity index is 1070. The van der Waals surface area contributed by atoms with Crippen LogP contribution in [0.15, 0.2) is 58.4 Å². The third kappa shape index (κ3) is 4.84. The van der Waals surface area contributed by atoms with Gasteiger partial charge < -0.3 is 5.32 Å². The third-order valence-electron chi connectivity index (χ3n) is 5.49. The monoisotopic (exact) mass is 445 g/mol. The van der Waals surface area contributed by atoms with Crippen LogP contribution in [-0.4, -0.2) is 26.7 Å². The van der Waals surface area contributed by atoms with Crippen LogP contribution in [-0.2, 0) is 14.8 Å². The minimum Gasteiger partial charge on any atom is -0.326 e. The van der Waals surface area contributed by atoms with E-state index in [1.54, 1.807) is 12.1 Å². The van der Waals surface area contributed by atoms with Crippen LogP contribution in [0.25, 0.3) is 0 Å². The number of amides is 1. The standard InChI is InChI=1S/C22H24ClN3O3S/c23-20-7-4-3-6-17(20)18-14-19(18)22(27)25-15-9-11-16(12-10-15)30(28,29)26-21-8-2-1-5-13-24-21/h3-4,6-7,9-12,18-19H,1-2,5,8,13-14H2,(H,24,26)(H,25,27). The number of halogens is 1. The summed E-state index contributed by atoms with van der Waals surface area (Å²) in [5.41, 5.74) is 1.56. The van der Waals surface area contributed by atoms with Gasteiger partial charge in [-0.1, -0.05) is 36.2 Å². The predicted molar refractivity (Wildman–Crippen MR) is 118 cm³/mol. The summed E-state index contributed by atoms with van der Waals surface area (Å²) in [4.78, 5) is 17.0. The molecule has 2 unspecified atom stereocenters. The molecule has 0 spiro atoms. The number of benzene rings is 2. The number of rotatable bonds is 5. The van der Waals surface area contributed by atoms with E-state index < -0.39 is 10.0 Å². The lowest BCUT2D eigenvalue weighted by molar-refractivity contribution is -0.117. The van der Waals surface area contributed by atoms with E-state index in [-0.39, 0.29) is 22.6 Å². The van der Waals surface area contributed by atoms with E-state index in [9.17, 15) is 13.2 Å². The maximum absolute atomic E-state index is 12.6. The molecule has 1 heterocycles. The normalized spacial score (nSPS) is 21.3. The fourth-order valence-corrected chi connectivity index (χ4v) is 5.09. The molecule has 4 rings (SSSR count). The Morgan fingerprint density at radius 1 is 1.03 bits per heavy atom. The lowest BCUT2D eigenvalue weighted by atomic mass is 10.1. The first-order valence-electron chi connectivity index (χ1n) is 10.2. The maximum Gasteiger partial charge on any atom is 0.262 e. The zero-order valence-electron chi connectivity index (χ0n) is 16.5. The molecule has 2 aliphatic rings. The molecule has 6 nitrogen and oxygen atoms in total. The number of amidine groups is 1. The van der Waals surface area contributed by atoms with Crippen molar-refractivity contribution in [1.82, 2.24) is 4.72 Å². The van der Waals surface area contributed by atoms with Crippen LogP contribution < -0.4 is 10.0 Å². The molecule has 0 bridgehead atoms. The Labute approximate surface area is 181 Å². The Morgan fingerprint density at radius 2 is 1.80 bits per heavy atom. The van der Waals surface area contributed by atoms with Crippen molar-refractivity contribution >= 4 is 39.1 Å². The van der Waals surface area contributed by atoms with Crippen molar-refractivity contribution in [2.75, 3.05) is 11.9 Å². The molecule has 2 aromatic carbocycles. The van der Waals surface area contributed by atoms with Crippen molar-refractivity contribution in [1.29, 1.82) is 0 Å². The number of hydrogen-bond acceptors (Lipinski definition) is 4. The zero-order valence-corrected chi connectivity index (χ0v) is 18.0. The van der Waals surface area contributed by atoms with Gasteiger partial charge in [-0.2, -0.15) is 0 Å². The largest absolute Gasteiger partial charge is 0.326 e. The average molecular weight is 446 g/mol. The first-order valence-corrected chi connectivity index (χ1v) is 12.0. The molecule has 0 aromatic heterocycles. The molecule has 8 heteroatoms. The topological polar surface area (TPSA) is 87.6 Å². The molecule has 2 N–H and O–H groups in total. The second-order valence-electron chi connectivity index (χ2n) is 7.73. The van der Waals surface area contributed by atoms with Gasteiger partial charge in [0.25, 0.3) is 10.0 Å². The SMILES string of the molecule is O=C(Nc1ccc(S(=O)(=O)NC2=NCCCCC2)cc1)C1CC1c1ccccc1Cl. The van der Waals surface area contributed by atoms with E-state index >= 15 is 0 Å². The number of hydrogen-bond donors (Lipinski definition) is 2. The van der Waals surface area contributed by atoms with Crippen LogP contribution in [0.1, 0.15) is 43.6 Å². The van der Waals surface area contributed by atoms with Crippen LogP contribution in [0.4, 0.5) is 5.69 Å². The lowest BCUT2D eigenvalue weighted by Gasteiger charge is -2.11. The van der Waals surface area contributed by atoms with Crippen molar-refractivity contribution < 1.29 is 13.2 Å². The number of sulfonamides is 1. The van der Waals surface area contributed by atoms with E-state index in [1.807, 2.05) is 24.3 Å². The summed E-state index contributed by atoms with van der Waals surface area (Å²) in [5, 5.41) is 3.55.